The molecule has 0 bridgehead atoms. The predicted octanol–water partition coefficient (Wildman–Crippen LogP) is 2.91. The standard InChI is InChI=1S/C20H25N3O3/c1-14-11-17(14)18-5-4-16(26-18)13-22(2)20(24)15-3-6-19(21-12-15)23-7-9-25-10-8-23/h3-6,12,14,17H,7-11,13H2,1-2H3. The molecule has 6 heteroatoms. The van der Waals surface area contributed by atoms with Gasteiger partial charge in [0, 0.05) is 32.3 Å². The summed E-state index contributed by atoms with van der Waals surface area (Å²) in [6.07, 6.45) is 2.85. The van der Waals surface area contributed by atoms with Gasteiger partial charge in [0.1, 0.15) is 17.3 Å². The molecule has 0 radical (unpaired) electrons. The lowest BCUT2D eigenvalue weighted by atomic mass is 10.2. The summed E-state index contributed by atoms with van der Waals surface area (Å²) in [6.45, 7) is 5.80. The van der Waals surface area contributed by atoms with Crippen LogP contribution < -0.4 is 4.90 Å². The molecule has 2 aromatic rings. The van der Waals surface area contributed by atoms with E-state index in [1.807, 2.05) is 24.3 Å². The predicted molar refractivity (Wildman–Crippen MR) is 98.3 cm³/mol. The molecule has 4 rings (SSSR count). The first-order chi connectivity index (χ1) is 12.6. The molecule has 2 aliphatic rings. The maximum atomic E-state index is 12.7. The van der Waals surface area contributed by atoms with Crippen LogP contribution in [0.2, 0.25) is 0 Å². The first-order valence-electron chi connectivity index (χ1n) is 9.24. The fourth-order valence-electron chi connectivity index (χ4n) is 3.42. The number of hydrogen-bond donors (Lipinski definition) is 0. The molecule has 0 spiro atoms. The summed E-state index contributed by atoms with van der Waals surface area (Å²) in [6, 6.07) is 7.77. The van der Waals surface area contributed by atoms with Crippen molar-refractivity contribution in [1.29, 1.82) is 0 Å². The van der Waals surface area contributed by atoms with Crippen molar-refractivity contribution in [2.45, 2.75) is 25.8 Å². The molecule has 1 saturated carbocycles. The number of anilines is 1. The van der Waals surface area contributed by atoms with Crippen LogP contribution in [-0.2, 0) is 11.3 Å². The molecule has 6 nitrogen and oxygen atoms in total. The van der Waals surface area contributed by atoms with Crippen LogP contribution in [0.15, 0.2) is 34.9 Å². The van der Waals surface area contributed by atoms with Gasteiger partial charge in [0.25, 0.3) is 5.91 Å². The van der Waals surface area contributed by atoms with Crippen LogP contribution in [0.5, 0.6) is 0 Å². The third kappa shape index (κ3) is 3.60. The summed E-state index contributed by atoms with van der Waals surface area (Å²) in [5, 5.41) is 0. The second-order valence-electron chi connectivity index (χ2n) is 7.29. The van der Waals surface area contributed by atoms with Gasteiger partial charge in [-0.2, -0.15) is 0 Å². The monoisotopic (exact) mass is 355 g/mol. The van der Waals surface area contributed by atoms with Crippen molar-refractivity contribution in [2.75, 3.05) is 38.3 Å². The molecule has 26 heavy (non-hydrogen) atoms. The lowest BCUT2D eigenvalue weighted by molar-refractivity contribution is 0.0774. The van der Waals surface area contributed by atoms with E-state index in [1.165, 1.54) is 6.42 Å². The van der Waals surface area contributed by atoms with Gasteiger partial charge < -0.3 is 19.0 Å². The number of ether oxygens (including phenoxy) is 1. The van der Waals surface area contributed by atoms with Gasteiger partial charge in [-0.3, -0.25) is 4.79 Å². The molecule has 138 valence electrons. The third-order valence-corrected chi connectivity index (χ3v) is 5.23. The Morgan fingerprint density at radius 1 is 1.27 bits per heavy atom. The Kier molecular flexibility index (Phi) is 4.68. The van der Waals surface area contributed by atoms with E-state index in [0.717, 1.165) is 43.6 Å². The number of amides is 1. The van der Waals surface area contributed by atoms with Crippen LogP contribution in [0, 0.1) is 5.92 Å². The number of aromatic nitrogens is 1. The molecule has 2 atom stereocenters. The van der Waals surface area contributed by atoms with Crippen molar-refractivity contribution < 1.29 is 13.9 Å². The highest BCUT2D eigenvalue weighted by molar-refractivity contribution is 5.93. The fourth-order valence-corrected chi connectivity index (χ4v) is 3.42. The molecular formula is C20H25N3O3. The van der Waals surface area contributed by atoms with E-state index in [-0.39, 0.29) is 5.91 Å². The molecule has 1 aliphatic heterocycles. The zero-order chi connectivity index (χ0) is 18.1. The Morgan fingerprint density at radius 2 is 2.04 bits per heavy atom. The number of furan rings is 1. The molecule has 0 aromatic carbocycles. The van der Waals surface area contributed by atoms with Crippen LogP contribution >= 0.6 is 0 Å². The third-order valence-electron chi connectivity index (χ3n) is 5.23. The normalized spacial score (nSPS) is 22.3. The Balaban J connectivity index is 1.37. The average Bonchev–Trinajstić information content (AvgIpc) is 3.23. The Morgan fingerprint density at radius 3 is 2.69 bits per heavy atom. The largest absolute Gasteiger partial charge is 0.464 e. The molecule has 1 aliphatic carbocycles. The Labute approximate surface area is 153 Å². The quantitative estimate of drug-likeness (QED) is 0.825. The van der Waals surface area contributed by atoms with Crippen molar-refractivity contribution in [3.63, 3.8) is 0 Å². The Bertz CT molecular complexity index is 765. The number of morpholine rings is 1. The SMILES string of the molecule is CC1CC1c1ccc(CN(C)C(=O)c2ccc(N3CCOCC3)nc2)o1. The van der Waals surface area contributed by atoms with E-state index < -0.39 is 0 Å². The first kappa shape index (κ1) is 17.1. The van der Waals surface area contributed by atoms with E-state index >= 15 is 0 Å². The highest BCUT2D eigenvalue weighted by atomic mass is 16.5. The summed E-state index contributed by atoms with van der Waals surface area (Å²) < 4.78 is 11.3. The summed E-state index contributed by atoms with van der Waals surface area (Å²) in [5.41, 5.74) is 0.590. The summed E-state index contributed by atoms with van der Waals surface area (Å²) in [4.78, 5) is 21.0. The highest BCUT2D eigenvalue weighted by Gasteiger charge is 2.36. The molecule has 2 unspecified atom stereocenters. The highest BCUT2D eigenvalue weighted by Crippen LogP contribution is 2.47. The molecule has 1 saturated heterocycles. The van der Waals surface area contributed by atoms with E-state index in [9.17, 15) is 4.79 Å². The summed E-state index contributed by atoms with van der Waals surface area (Å²) >= 11 is 0. The molecule has 1 amide bonds. The Hall–Kier alpha value is -2.34. The summed E-state index contributed by atoms with van der Waals surface area (Å²) in [5.74, 6) is 3.98. The number of nitrogens with zero attached hydrogens (tertiary/aromatic N) is 3. The number of pyridine rings is 1. The number of hydrogen-bond acceptors (Lipinski definition) is 5. The number of carbonyl (C=O) groups excluding carboxylic acids is 1. The van der Waals surface area contributed by atoms with E-state index in [0.29, 0.717) is 23.9 Å². The number of rotatable bonds is 5. The van der Waals surface area contributed by atoms with E-state index in [1.54, 1.807) is 18.1 Å². The van der Waals surface area contributed by atoms with Crippen molar-refractivity contribution in [2.24, 2.45) is 5.92 Å². The van der Waals surface area contributed by atoms with Crippen LogP contribution in [0.4, 0.5) is 5.82 Å². The van der Waals surface area contributed by atoms with Crippen molar-refractivity contribution >= 4 is 11.7 Å². The molecule has 2 fully saturated rings. The van der Waals surface area contributed by atoms with Crippen molar-refractivity contribution in [1.82, 2.24) is 9.88 Å². The van der Waals surface area contributed by atoms with Crippen molar-refractivity contribution in [3.8, 4) is 0 Å². The lowest BCUT2D eigenvalue weighted by Crippen LogP contribution is -2.36. The second-order valence-corrected chi connectivity index (χ2v) is 7.29. The van der Waals surface area contributed by atoms with Gasteiger partial charge in [0.15, 0.2) is 0 Å². The van der Waals surface area contributed by atoms with Gasteiger partial charge in [-0.25, -0.2) is 4.98 Å². The summed E-state index contributed by atoms with van der Waals surface area (Å²) in [7, 11) is 1.79. The minimum Gasteiger partial charge on any atom is -0.464 e. The van der Waals surface area contributed by atoms with E-state index in [2.05, 4.69) is 16.8 Å². The molecule has 2 aromatic heterocycles. The van der Waals surface area contributed by atoms with Gasteiger partial charge in [-0.15, -0.1) is 0 Å². The smallest absolute Gasteiger partial charge is 0.255 e. The zero-order valence-electron chi connectivity index (χ0n) is 15.4. The first-order valence-corrected chi connectivity index (χ1v) is 9.24. The number of carbonyl (C=O) groups is 1. The van der Waals surface area contributed by atoms with Gasteiger partial charge >= 0.3 is 0 Å². The molecule has 3 heterocycles. The van der Waals surface area contributed by atoms with E-state index in [4.69, 9.17) is 9.15 Å². The van der Waals surface area contributed by atoms with Crippen molar-refractivity contribution in [3.05, 3.63) is 47.5 Å². The average molecular weight is 355 g/mol. The van der Waals surface area contributed by atoms with Crippen LogP contribution in [0.25, 0.3) is 0 Å². The van der Waals surface area contributed by atoms with Gasteiger partial charge in [0.05, 0.1) is 25.3 Å². The van der Waals surface area contributed by atoms with Crippen LogP contribution in [-0.4, -0.2) is 49.1 Å². The molecule has 0 N–H and O–H groups in total. The van der Waals surface area contributed by atoms with Gasteiger partial charge in [-0.1, -0.05) is 6.92 Å². The maximum Gasteiger partial charge on any atom is 0.255 e. The van der Waals surface area contributed by atoms with Crippen LogP contribution in [0.1, 0.15) is 41.1 Å². The maximum absolute atomic E-state index is 12.7. The zero-order valence-corrected chi connectivity index (χ0v) is 15.4. The topological polar surface area (TPSA) is 58.8 Å². The fraction of sp³-hybridized carbons (Fsp3) is 0.500. The molecular weight excluding hydrogens is 330 g/mol. The minimum atomic E-state index is -0.0521. The minimum absolute atomic E-state index is 0.0521. The van der Waals surface area contributed by atoms with Gasteiger partial charge in [-0.05, 0) is 36.6 Å². The van der Waals surface area contributed by atoms with Gasteiger partial charge in [0.2, 0.25) is 0 Å². The lowest BCUT2D eigenvalue weighted by Gasteiger charge is -2.27. The van der Waals surface area contributed by atoms with Crippen LogP contribution in [0.3, 0.4) is 0 Å². The second kappa shape index (κ2) is 7.11.